The largest absolute Gasteiger partial charge is 0.496 e. The topological polar surface area (TPSA) is 67.9 Å². The molecule has 1 aromatic carbocycles. The summed E-state index contributed by atoms with van der Waals surface area (Å²) in [5.74, 6) is 0.658. The van der Waals surface area contributed by atoms with Crippen molar-refractivity contribution in [2.75, 3.05) is 7.11 Å². The van der Waals surface area contributed by atoms with Gasteiger partial charge in [-0.15, -0.1) is 0 Å². The molecular formula is C15H15N3O2. The Kier molecular flexibility index (Phi) is 4.16. The number of rotatable bonds is 4. The zero-order chi connectivity index (χ0) is 14.5. The maximum absolute atomic E-state index is 12.0. The Morgan fingerprint density at radius 2 is 2.15 bits per heavy atom. The molecule has 1 aromatic heterocycles. The van der Waals surface area contributed by atoms with Gasteiger partial charge in [0.2, 0.25) is 0 Å². The van der Waals surface area contributed by atoms with Crippen LogP contribution >= 0.6 is 0 Å². The molecule has 0 saturated heterocycles. The van der Waals surface area contributed by atoms with Gasteiger partial charge in [0.1, 0.15) is 17.4 Å². The first-order chi connectivity index (χ1) is 9.71. The zero-order valence-corrected chi connectivity index (χ0v) is 11.5. The summed E-state index contributed by atoms with van der Waals surface area (Å²) < 4.78 is 6.63. The van der Waals surface area contributed by atoms with E-state index in [-0.39, 0.29) is 11.1 Å². The highest BCUT2D eigenvalue weighted by Gasteiger charge is 2.12. The van der Waals surface area contributed by atoms with Crippen LogP contribution in [0, 0.1) is 11.3 Å². The van der Waals surface area contributed by atoms with Gasteiger partial charge < -0.3 is 4.74 Å². The SMILES string of the molecule is CCCn1nc(-c2ccccc2OC)cc(C#N)c1=O. The lowest BCUT2D eigenvalue weighted by Crippen LogP contribution is -2.25. The minimum atomic E-state index is -0.354. The van der Waals surface area contributed by atoms with E-state index in [9.17, 15) is 4.79 Å². The van der Waals surface area contributed by atoms with Crippen molar-refractivity contribution in [2.45, 2.75) is 19.9 Å². The molecule has 0 N–H and O–H groups in total. The Morgan fingerprint density at radius 3 is 2.80 bits per heavy atom. The lowest BCUT2D eigenvalue weighted by Gasteiger charge is -2.10. The second kappa shape index (κ2) is 6.02. The van der Waals surface area contributed by atoms with Crippen molar-refractivity contribution in [2.24, 2.45) is 0 Å². The van der Waals surface area contributed by atoms with E-state index in [1.807, 2.05) is 37.3 Å². The van der Waals surface area contributed by atoms with E-state index in [2.05, 4.69) is 5.10 Å². The number of aryl methyl sites for hydroxylation is 1. The normalized spacial score (nSPS) is 10.1. The van der Waals surface area contributed by atoms with Crippen LogP contribution in [0.1, 0.15) is 18.9 Å². The Labute approximate surface area is 117 Å². The highest BCUT2D eigenvalue weighted by Crippen LogP contribution is 2.27. The summed E-state index contributed by atoms with van der Waals surface area (Å²) in [5.41, 5.74) is 1.06. The fourth-order valence-electron chi connectivity index (χ4n) is 1.97. The van der Waals surface area contributed by atoms with Crippen LogP contribution in [-0.2, 0) is 6.54 Å². The maximum atomic E-state index is 12.0. The van der Waals surface area contributed by atoms with Gasteiger partial charge in [-0.25, -0.2) is 4.68 Å². The Balaban J connectivity index is 2.66. The molecule has 102 valence electrons. The number of nitrogens with zero attached hydrogens (tertiary/aromatic N) is 3. The third-order valence-corrected chi connectivity index (χ3v) is 2.91. The second-order valence-corrected chi connectivity index (χ2v) is 4.28. The molecule has 0 aliphatic heterocycles. The number of methoxy groups -OCH3 is 1. The molecule has 0 atom stereocenters. The summed E-state index contributed by atoms with van der Waals surface area (Å²) in [5, 5.41) is 13.4. The van der Waals surface area contributed by atoms with E-state index in [1.54, 1.807) is 7.11 Å². The van der Waals surface area contributed by atoms with Gasteiger partial charge in [0.25, 0.3) is 5.56 Å². The van der Waals surface area contributed by atoms with E-state index in [0.29, 0.717) is 18.0 Å². The third kappa shape index (κ3) is 2.54. The lowest BCUT2D eigenvalue weighted by molar-refractivity contribution is 0.416. The van der Waals surface area contributed by atoms with Gasteiger partial charge in [0.15, 0.2) is 0 Å². The van der Waals surface area contributed by atoms with Crippen molar-refractivity contribution in [1.29, 1.82) is 5.26 Å². The first-order valence-corrected chi connectivity index (χ1v) is 6.37. The summed E-state index contributed by atoms with van der Waals surface area (Å²) in [6.07, 6.45) is 0.771. The number of hydrogen-bond donors (Lipinski definition) is 0. The molecule has 2 aromatic rings. The summed E-state index contributed by atoms with van der Waals surface area (Å²) in [4.78, 5) is 12.0. The lowest BCUT2D eigenvalue weighted by atomic mass is 10.1. The molecule has 0 spiro atoms. The minimum Gasteiger partial charge on any atom is -0.496 e. The predicted molar refractivity (Wildman–Crippen MR) is 75.5 cm³/mol. The molecule has 5 nitrogen and oxygen atoms in total. The fourth-order valence-corrected chi connectivity index (χ4v) is 1.97. The number of para-hydroxylation sites is 1. The van der Waals surface area contributed by atoms with Gasteiger partial charge in [-0.05, 0) is 24.6 Å². The monoisotopic (exact) mass is 269 g/mol. The summed E-state index contributed by atoms with van der Waals surface area (Å²) >= 11 is 0. The van der Waals surface area contributed by atoms with Gasteiger partial charge in [-0.2, -0.15) is 10.4 Å². The van der Waals surface area contributed by atoms with Gasteiger partial charge in [-0.3, -0.25) is 4.79 Å². The summed E-state index contributed by atoms with van der Waals surface area (Å²) in [6, 6.07) is 10.8. The molecule has 2 rings (SSSR count). The highest BCUT2D eigenvalue weighted by atomic mass is 16.5. The number of ether oxygens (including phenoxy) is 1. The van der Waals surface area contributed by atoms with Crippen LogP contribution in [0.25, 0.3) is 11.3 Å². The number of hydrogen-bond acceptors (Lipinski definition) is 4. The van der Waals surface area contributed by atoms with Crippen LogP contribution in [0.15, 0.2) is 35.1 Å². The Bertz CT molecular complexity index is 714. The summed E-state index contributed by atoms with van der Waals surface area (Å²) in [7, 11) is 1.58. The van der Waals surface area contributed by atoms with E-state index in [4.69, 9.17) is 10.00 Å². The predicted octanol–water partition coefficient (Wildman–Crippen LogP) is 2.20. The molecule has 0 aliphatic rings. The molecule has 1 heterocycles. The van der Waals surface area contributed by atoms with Gasteiger partial charge in [-0.1, -0.05) is 19.1 Å². The standard InChI is InChI=1S/C15H15N3O2/c1-3-8-18-15(19)11(10-16)9-13(17-18)12-6-4-5-7-14(12)20-2/h4-7,9H,3,8H2,1-2H3. The van der Waals surface area contributed by atoms with Gasteiger partial charge >= 0.3 is 0 Å². The van der Waals surface area contributed by atoms with Gasteiger partial charge in [0.05, 0.1) is 12.8 Å². The third-order valence-electron chi connectivity index (χ3n) is 2.91. The van der Waals surface area contributed by atoms with Crippen LogP contribution in [0.4, 0.5) is 0 Å². The molecule has 0 saturated carbocycles. The maximum Gasteiger partial charge on any atom is 0.284 e. The fraction of sp³-hybridized carbons (Fsp3) is 0.267. The average molecular weight is 269 g/mol. The molecule has 5 heteroatoms. The number of nitriles is 1. The van der Waals surface area contributed by atoms with Gasteiger partial charge in [0, 0.05) is 12.1 Å². The van der Waals surface area contributed by atoms with Crippen molar-refractivity contribution in [3.05, 3.63) is 46.2 Å². The van der Waals surface area contributed by atoms with Crippen molar-refractivity contribution in [3.63, 3.8) is 0 Å². The van der Waals surface area contributed by atoms with Crippen molar-refractivity contribution in [3.8, 4) is 23.1 Å². The smallest absolute Gasteiger partial charge is 0.284 e. The zero-order valence-electron chi connectivity index (χ0n) is 11.5. The first kappa shape index (κ1) is 13.8. The van der Waals surface area contributed by atoms with E-state index in [1.165, 1.54) is 10.7 Å². The molecular weight excluding hydrogens is 254 g/mol. The molecule has 0 fully saturated rings. The number of benzene rings is 1. The van der Waals surface area contributed by atoms with Crippen LogP contribution in [0.3, 0.4) is 0 Å². The summed E-state index contributed by atoms with van der Waals surface area (Å²) in [6.45, 7) is 2.44. The van der Waals surface area contributed by atoms with E-state index in [0.717, 1.165) is 12.0 Å². The van der Waals surface area contributed by atoms with Crippen LogP contribution in [0.5, 0.6) is 5.75 Å². The Hall–Kier alpha value is -2.61. The van der Waals surface area contributed by atoms with Crippen LogP contribution in [0.2, 0.25) is 0 Å². The quantitative estimate of drug-likeness (QED) is 0.853. The molecule has 0 bridgehead atoms. The molecule has 0 unspecified atom stereocenters. The average Bonchev–Trinajstić information content (AvgIpc) is 2.49. The van der Waals surface area contributed by atoms with Crippen molar-refractivity contribution in [1.82, 2.24) is 9.78 Å². The van der Waals surface area contributed by atoms with Crippen molar-refractivity contribution < 1.29 is 4.74 Å². The molecule has 20 heavy (non-hydrogen) atoms. The second-order valence-electron chi connectivity index (χ2n) is 4.28. The van der Waals surface area contributed by atoms with Crippen LogP contribution < -0.4 is 10.3 Å². The molecule has 0 amide bonds. The molecule has 0 aliphatic carbocycles. The van der Waals surface area contributed by atoms with Crippen molar-refractivity contribution >= 4 is 0 Å². The van der Waals surface area contributed by atoms with Crippen LogP contribution in [-0.4, -0.2) is 16.9 Å². The first-order valence-electron chi connectivity index (χ1n) is 6.37. The van der Waals surface area contributed by atoms with E-state index < -0.39 is 0 Å². The minimum absolute atomic E-state index is 0.0920. The highest BCUT2D eigenvalue weighted by molar-refractivity contribution is 5.67. The van der Waals surface area contributed by atoms with E-state index >= 15 is 0 Å². The number of aromatic nitrogens is 2. The molecule has 0 radical (unpaired) electrons. The Morgan fingerprint density at radius 1 is 1.40 bits per heavy atom.